The van der Waals surface area contributed by atoms with E-state index in [0.717, 1.165) is 11.3 Å². The lowest BCUT2D eigenvalue weighted by Crippen LogP contribution is -2.02. The number of hydrogen-bond donors (Lipinski definition) is 2. The summed E-state index contributed by atoms with van der Waals surface area (Å²) in [5.74, 6) is 0.112. The van der Waals surface area contributed by atoms with Gasteiger partial charge in [-0.25, -0.2) is 9.78 Å². The number of aromatic carboxylic acids is 1. The van der Waals surface area contributed by atoms with Gasteiger partial charge in [0.25, 0.3) is 0 Å². The van der Waals surface area contributed by atoms with Crippen molar-refractivity contribution >= 4 is 17.2 Å². The van der Waals surface area contributed by atoms with Gasteiger partial charge in [-0.3, -0.25) is 4.40 Å². The van der Waals surface area contributed by atoms with Crippen LogP contribution in [0.3, 0.4) is 0 Å². The van der Waals surface area contributed by atoms with Gasteiger partial charge in [0.15, 0.2) is 11.5 Å². The molecule has 1 aromatic carbocycles. The van der Waals surface area contributed by atoms with Crippen LogP contribution in [-0.4, -0.2) is 20.5 Å². The molecule has 0 bridgehead atoms. The van der Waals surface area contributed by atoms with E-state index in [1.165, 1.54) is 0 Å². The molecular weight excluding hydrogens is 282 g/mol. The molecule has 0 fully saturated rings. The number of ether oxygens (including phenoxy) is 1. The normalized spacial score (nSPS) is 10.8. The van der Waals surface area contributed by atoms with Crippen molar-refractivity contribution in [3.05, 3.63) is 59.7 Å². The minimum absolute atomic E-state index is 0.0681. The maximum absolute atomic E-state index is 11.3. The number of hydrogen-bond acceptors (Lipinski definition) is 4. The predicted molar refractivity (Wildman–Crippen MR) is 82.1 cm³/mol. The molecule has 6 nitrogen and oxygen atoms in total. The topological polar surface area (TPSA) is 89.8 Å². The average molecular weight is 297 g/mol. The zero-order valence-corrected chi connectivity index (χ0v) is 12.0. The largest absolute Gasteiger partial charge is 0.485 e. The fraction of sp³-hybridized carbons (Fsp3) is 0.125. The van der Waals surface area contributed by atoms with Crippen LogP contribution in [0.2, 0.25) is 0 Å². The Morgan fingerprint density at radius 1 is 1.32 bits per heavy atom. The van der Waals surface area contributed by atoms with Crippen LogP contribution in [-0.2, 0) is 6.61 Å². The second kappa shape index (κ2) is 5.40. The average Bonchev–Trinajstić information content (AvgIpc) is 2.87. The van der Waals surface area contributed by atoms with E-state index in [1.807, 2.05) is 31.2 Å². The molecule has 2 heterocycles. The molecular formula is C16H15N3O3. The maximum Gasteiger partial charge on any atom is 0.356 e. The number of nitrogens with zero attached hydrogens (tertiary/aromatic N) is 2. The Morgan fingerprint density at radius 2 is 2.09 bits per heavy atom. The minimum atomic E-state index is -1.11. The third kappa shape index (κ3) is 2.35. The third-order valence-corrected chi connectivity index (χ3v) is 3.42. The first-order valence-electron chi connectivity index (χ1n) is 6.75. The fourth-order valence-corrected chi connectivity index (χ4v) is 2.34. The number of fused-ring (bicyclic) bond motifs is 1. The number of carbonyl (C=O) groups is 1. The second-order valence-electron chi connectivity index (χ2n) is 4.92. The fourth-order valence-electron chi connectivity index (χ4n) is 2.34. The van der Waals surface area contributed by atoms with Gasteiger partial charge in [0.1, 0.15) is 17.9 Å². The van der Waals surface area contributed by atoms with Crippen LogP contribution in [0.15, 0.2) is 42.6 Å². The van der Waals surface area contributed by atoms with Gasteiger partial charge in [-0.05, 0) is 30.7 Å². The van der Waals surface area contributed by atoms with E-state index < -0.39 is 5.97 Å². The van der Waals surface area contributed by atoms with Crippen LogP contribution < -0.4 is 10.5 Å². The second-order valence-corrected chi connectivity index (χ2v) is 4.92. The maximum atomic E-state index is 11.3. The number of pyridine rings is 1. The standard InChI is InChI=1S/C16H15N3O3/c1-10-5-2-3-7-12(10)22-9-13-18-14(16(20)21)15-11(17)6-4-8-19(13)15/h2-8H,9,17H2,1H3,(H,20,21). The summed E-state index contributed by atoms with van der Waals surface area (Å²) in [6, 6.07) is 11.0. The molecule has 2 aromatic heterocycles. The first-order chi connectivity index (χ1) is 10.6. The molecule has 0 aliphatic heterocycles. The van der Waals surface area contributed by atoms with E-state index in [0.29, 0.717) is 17.0 Å². The molecule has 0 amide bonds. The zero-order valence-electron chi connectivity index (χ0n) is 12.0. The Kier molecular flexibility index (Phi) is 3.42. The summed E-state index contributed by atoms with van der Waals surface area (Å²) in [6.45, 7) is 2.10. The first kappa shape index (κ1) is 13.9. The summed E-state index contributed by atoms with van der Waals surface area (Å²) in [5.41, 5.74) is 7.57. The van der Waals surface area contributed by atoms with Crippen molar-refractivity contribution in [1.29, 1.82) is 0 Å². The summed E-state index contributed by atoms with van der Waals surface area (Å²) in [6.07, 6.45) is 1.72. The van der Waals surface area contributed by atoms with Gasteiger partial charge in [-0.15, -0.1) is 0 Å². The van der Waals surface area contributed by atoms with Crippen molar-refractivity contribution in [3.8, 4) is 5.75 Å². The summed E-state index contributed by atoms with van der Waals surface area (Å²) < 4.78 is 7.40. The Morgan fingerprint density at radius 3 is 2.82 bits per heavy atom. The zero-order chi connectivity index (χ0) is 15.7. The van der Waals surface area contributed by atoms with Gasteiger partial charge in [-0.1, -0.05) is 18.2 Å². The van der Waals surface area contributed by atoms with Crippen molar-refractivity contribution in [1.82, 2.24) is 9.38 Å². The number of imidazole rings is 1. The van der Waals surface area contributed by atoms with Gasteiger partial charge in [-0.2, -0.15) is 0 Å². The highest BCUT2D eigenvalue weighted by molar-refractivity contribution is 5.97. The summed E-state index contributed by atoms with van der Waals surface area (Å²) in [7, 11) is 0. The number of benzene rings is 1. The van der Waals surface area contributed by atoms with Crippen molar-refractivity contribution in [2.24, 2.45) is 0 Å². The Hall–Kier alpha value is -3.02. The molecule has 3 N–H and O–H groups in total. The molecule has 0 saturated carbocycles. The van der Waals surface area contributed by atoms with Crippen LogP contribution in [0.4, 0.5) is 5.69 Å². The van der Waals surface area contributed by atoms with Gasteiger partial charge < -0.3 is 15.6 Å². The van der Waals surface area contributed by atoms with E-state index in [-0.39, 0.29) is 12.3 Å². The van der Waals surface area contributed by atoms with E-state index in [4.69, 9.17) is 10.5 Å². The number of aromatic nitrogens is 2. The smallest absolute Gasteiger partial charge is 0.356 e. The minimum Gasteiger partial charge on any atom is -0.485 e. The number of carboxylic acid groups (broad SMARTS) is 1. The SMILES string of the molecule is Cc1ccccc1OCc1nc(C(=O)O)c2c(N)cccn12. The molecule has 0 unspecified atom stereocenters. The van der Waals surface area contributed by atoms with Crippen molar-refractivity contribution in [2.75, 3.05) is 5.73 Å². The molecule has 3 aromatic rings. The van der Waals surface area contributed by atoms with Gasteiger partial charge >= 0.3 is 5.97 Å². The van der Waals surface area contributed by atoms with Crippen LogP contribution in [0.5, 0.6) is 5.75 Å². The molecule has 22 heavy (non-hydrogen) atoms. The monoisotopic (exact) mass is 297 g/mol. The van der Waals surface area contributed by atoms with Crippen molar-refractivity contribution in [3.63, 3.8) is 0 Å². The van der Waals surface area contributed by atoms with Crippen LogP contribution in [0, 0.1) is 6.92 Å². The summed E-state index contributed by atoms with van der Waals surface area (Å²) in [4.78, 5) is 15.5. The predicted octanol–water partition coefficient (Wildman–Crippen LogP) is 2.50. The summed E-state index contributed by atoms with van der Waals surface area (Å²) in [5, 5.41) is 9.28. The molecule has 0 atom stereocenters. The summed E-state index contributed by atoms with van der Waals surface area (Å²) >= 11 is 0. The molecule has 3 rings (SSSR count). The molecule has 0 spiro atoms. The Labute approximate surface area is 126 Å². The molecule has 0 aliphatic carbocycles. The number of nitrogen functional groups attached to an aromatic ring is 1. The number of carboxylic acids is 1. The molecule has 6 heteroatoms. The molecule has 0 aliphatic rings. The molecule has 0 radical (unpaired) electrons. The first-order valence-corrected chi connectivity index (χ1v) is 6.75. The van der Waals surface area contributed by atoms with E-state index in [1.54, 1.807) is 22.7 Å². The van der Waals surface area contributed by atoms with E-state index in [9.17, 15) is 9.90 Å². The van der Waals surface area contributed by atoms with Crippen LogP contribution in [0.1, 0.15) is 21.9 Å². The number of nitrogens with two attached hydrogens (primary N) is 1. The lowest BCUT2D eigenvalue weighted by atomic mass is 10.2. The highest BCUT2D eigenvalue weighted by atomic mass is 16.5. The van der Waals surface area contributed by atoms with Gasteiger partial charge in [0.2, 0.25) is 0 Å². The highest BCUT2D eigenvalue weighted by Gasteiger charge is 2.19. The van der Waals surface area contributed by atoms with Crippen LogP contribution in [0.25, 0.3) is 5.52 Å². The van der Waals surface area contributed by atoms with Crippen molar-refractivity contribution < 1.29 is 14.6 Å². The van der Waals surface area contributed by atoms with Crippen molar-refractivity contribution in [2.45, 2.75) is 13.5 Å². The quantitative estimate of drug-likeness (QED) is 0.772. The van der Waals surface area contributed by atoms with E-state index in [2.05, 4.69) is 4.98 Å². The molecule has 0 saturated heterocycles. The Bertz CT molecular complexity index is 855. The Balaban J connectivity index is 2.00. The van der Waals surface area contributed by atoms with Gasteiger partial charge in [0, 0.05) is 6.20 Å². The lowest BCUT2D eigenvalue weighted by molar-refractivity contribution is 0.0693. The molecule has 112 valence electrons. The number of anilines is 1. The number of aryl methyl sites for hydroxylation is 1. The third-order valence-electron chi connectivity index (χ3n) is 3.42. The van der Waals surface area contributed by atoms with E-state index >= 15 is 0 Å². The number of rotatable bonds is 4. The lowest BCUT2D eigenvalue weighted by Gasteiger charge is -2.08. The number of para-hydroxylation sites is 1. The van der Waals surface area contributed by atoms with Gasteiger partial charge in [0.05, 0.1) is 5.69 Å². The highest BCUT2D eigenvalue weighted by Crippen LogP contribution is 2.22. The van der Waals surface area contributed by atoms with Crippen LogP contribution >= 0.6 is 0 Å².